The van der Waals surface area contributed by atoms with E-state index in [2.05, 4.69) is 37.4 Å². The van der Waals surface area contributed by atoms with Crippen LogP contribution in [0.2, 0.25) is 0 Å². The number of hydrogen-bond acceptors (Lipinski definition) is 1. The van der Waals surface area contributed by atoms with Crippen LogP contribution in [0.4, 0.5) is 0 Å². The summed E-state index contributed by atoms with van der Waals surface area (Å²) in [6, 6.07) is 7.11. The molecule has 2 nitrogen and oxygen atoms in total. The van der Waals surface area contributed by atoms with Gasteiger partial charge in [-0.1, -0.05) is 30.7 Å². The fraction of sp³-hybridized carbons (Fsp3) is 0.533. The van der Waals surface area contributed by atoms with Crippen LogP contribution in [0.25, 0.3) is 0 Å². The van der Waals surface area contributed by atoms with Gasteiger partial charge in [0, 0.05) is 17.9 Å². The van der Waals surface area contributed by atoms with E-state index in [4.69, 9.17) is 0 Å². The van der Waals surface area contributed by atoms with E-state index >= 15 is 0 Å². The van der Waals surface area contributed by atoms with Crippen LogP contribution in [0.5, 0.6) is 0 Å². The summed E-state index contributed by atoms with van der Waals surface area (Å²) in [7, 11) is 0. The number of carbonyl (C=O) groups is 1. The molecule has 1 fully saturated rings. The molecular formula is C15H19NO. The molecule has 1 amide bonds. The van der Waals surface area contributed by atoms with Crippen molar-refractivity contribution >= 4 is 5.91 Å². The standard InChI is InChI=1S/C15H19NO/c1-10-3-4-11-5-6-13-15(2,12(11)9-10)8-7-14(17)16-13/h3-4,9,13H,5-8H2,1-2H3,(H,16,17). The van der Waals surface area contributed by atoms with Gasteiger partial charge in [0.15, 0.2) is 0 Å². The second-order valence-corrected chi connectivity index (χ2v) is 5.74. The van der Waals surface area contributed by atoms with Gasteiger partial charge >= 0.3 is 0 Å². The lowest BCUT2D eigenvalue weighted by Gasteiger charge is -2.46. The van der Waals surface area contributed by atoms with E-state index in [-0.39, 0.29) is 11.3 Å². The van der Waals surface area contributed by atoms with E-state index < -0.39 is 0 Å². The van der Waals surface area contributed by atoms with Crippen LogP contribution in [0.3, 0.4) is 0 Å². The number of amides is 1. The average molecular weight is 229 g/mol. The average Bonchev–Trinajstić information content (AvgIpc) is 2.31. The van der Waals surface area contributed by atoms with Crippen LogP contribution in [-0.4, -0.2) is 11.9 Å². The van der Waals surface area contributed by atoms with Gasteiger partial charge in [0.2, 0.25) is 5.91 Å². The Kier molecular flexibility index (Phi) is 2.29. The first-order valence-electron chi connectivity index (χ1n) is 6.49. The lowest BCUT2D eigenvalue weighted by molar-refractivity contribution is -0.125. The third-order valence-corrected chi connectivity index (χ3v) is 4.56. The van der Waals surface area contributed by atoms with Crippen molar-refractivity contribution in [3.8, 4) is 0 Å². The maximum Gasteiger partial charge on any atom is 0.220 e. The summed E-state index contributed by atoms with van der Waals surface area (Å²) in [5.41, 5.74) is 4.41. The Bertz CT molecular complexity index is 480. The van der Waals surface area contributed by atoms with Crippen LogP contribution < -0.4 is 5.32 Å². The Labute approximate surface area is 102 Å². The molecule has 0 bridgehead atoms. The van der Waals surface area contributed by atoms with Gasteiger partial charge in [0.05, 0.1) is 0 Å². The molecule has 1 aliphatic heterocycles. The lowest BCUT2D eigenvalue weighted by Crippen LogP contribution is -2.55. The second kappa shape index (κ2) is 3.59. The van der Waals surface area contributed by atoms with Crippen LogP contribution in [0.15, 0.2) is 18.2 Å². The summed E-state index contributed by atoms with van der Waals surface area (Å²) in [6.45, 7) is 4.46. The molecule has 0 saturated carbocycles. The van der Waals surface area contributed by atoms with Gasteiger partial charge < -0.3 is 5.32 Å². The molecule has 2 unspecified atom stereocenters. The third kappa shape index (κ3) is 1.58. The molecule has 0 aromatic heterocycles. The molecule has 0 radical (unpaired) electrons. The molecule has 3 rings (SSSR count). The summed E-state index contributed by atoms with van der Waals surface area (Å²) < 4.78 is 0. The summed E-state index contributed by atoms with van der Waals surface area (Å²) in [5.74, 6) is 0.226. The monoisotopic (exact) mass is 229 g/mol. The largest absolute Gasteiger partial charge is 0.352 e. The van der Waals surface area contributed by atoms with Crippen molar-refractivity contribution in [1.82, 2.24) is 5.32 Å². The number of fused-ring (bicyclic) bond motifs is 3. The van der Waals surface area contributed by atoms with Crippen molar-refractivity contribution in [2.24, 2.45) is 0 Å². The Morgan fingerprint density at radius 2 is 2.18 bits per heavy atom. The summed E-state index contributed by atoms with van der Waals surface area (Å²) >= 11 is 0. The first-order valence-corrected chi connectivity index (χ1v) is 6.49. The summed E-state index contributed by atoms with van der Waals surface area (Å²) in [6.07, 6.45) is 3.83. The van der Waals surface area contributed by atoms with Crippen molar-refractivity contribution in [1.29, 1.82) is 0 Å². The Morgan fingerprint density at radius 1 is 1.35 bits per heavy atom. The van der Waals surface area contributed by atoms with E-state index in [1.165, 1.54) is 16.7 Å². The predicted molar refractivity (Wildman–Crippen MR) is 68.0 cm³/mol. The molecule has 1 saturated heterocycles. The molecule has 1 N–H and O–H groups in total. The molecular weight excluding hydrogens is 210 g/mol. The number of hydrogen-bond donors (Lipinski definition) is 1. The minimum absolute atomic E-state index is 0.146. The minimum atomic E-state index is 0.146. The van der Waals surface area contributed by atoms with Crippen LogP contribution >= 0.6 is 0 Å². The van der Waals surface area contributed by atoms with Crippen LogP contribution in [0, 0.1) is 6.92 Å². The number of piperidine rings is 1. The van der Waals surface area contributed by atoms with Crippen molar-refractivity contribution < 1.29 is 4.79 Å². The van der Waals surface area contributed by atoms with Gasteiger partial charge in [-0.2, -0.15) is 0 Å². The fourth-order valence-corrected chi connectivity index (χ4v) is 3.43. The number of benzene rings is 1. The third-order valence-electron chi connectivity index (χ3n) is 4.56. The molecule has 1 aromatic rings. The van der Waals surface area contributed by atoms with Gasteiger partial charge in [-0.05, 0) is 37.3 Å². The highest BCUT2D eigenvalue weighted by Crippen LogP contribution is 2.42. The number of nitrogens with one attached hydrogen (secondary N) is 1. The normalized spacial score (nSPS) is 31.4. The zero-order valence-electron chi connectivity index (χ0n) is 10.5. The molecule has 1 aromatic carbocycles. The molecule has 90 valence electrons. The molecule has 1 heterocycles. The molecule has 1 aliphatic carbocycles. The maximum atomic E-state index is 11.5. The first kappa shape index (κ1) is 10.8. The molecule has 17 heavy (non-hydrogen) atoms. The minimum Gasteiger partial charge on any atom is -0.352 e. The number of aryl methyl sites for hydroxylation is 2. The zero-order chi connectivity index (χ0) is 12.0. The first-order chi connectivity index (χ1) is 8.09. The maximum absolute atomic E-state index is 11.5. The highest BCUT2D eigenvalue weighted by Gasteiger charge is 2.43. The van der Waals surface area contributed by atoms with Crippen molar-refractivity contribution in [3.63, 3.8) is 0 Å². The van der Waals surface area contributed by atoms with Crippen molar-refractivity contribution in [2.75, 3.05) is 0 Å². The van der Waals surface area contributed by atoms with Gasteiger partial charge in [-0.25, -0.2) is 0 Å². The molecule has 2 heteroatoms. The second-order valence-electron chi connectivity index (χ2n) is 5.74. The zero-order valence-corrected chi connectivity index (χ0v) is 10.5. The van der Waals surface area contributed by atoms with Gasteiger partial charge in [0.25, 0.3) is 0 Å². The highest BCUT2D eigenvalue weighted by molar-refractivity contribution is 5.78. The predicted octanol–water partition coefficient (Wildman–Crippen LogP) is 2.48. The van der Waals surface area contributed by atoms with E-state index in [1.807, 2.05) is 0 Å². The van der Waals surface area contributed by atoms with Crippen molar-refractivity contribution in [3.05, 3.63) is 34.9 Å². The van der Waals surface area contributed by atoms with E-state index in [0.717, 1.165) is 19.3 Å². The van der Waals surface area contributed by atoms with Crippen molar-refractivity contribution in [2.45, 2.75) is 51.0 Å². The number of carbonyl (C=O) groups excluding carboxylic acids is 1. The Hall–Kier alpha value is -1.31. The van der Waals surface area contributed by atoms with E-state index in [1.54, 1.807) is 0 Å². The summed E-state index contributed by atoms with van der Waals surface area (Å²) in [5, 5.41) is 3.18. The Balaban J connectivity index is 2.09. The molecule has 2 atom stereocenters. The van der Waals surface area contributed by atoms with E-state index in [0.29, 0.717) is 12.5 Å². The highest BCUT2D eigenvalue weighted by atomic mass is 16.1. The lowest BCUT2D eigenvalue weighted by atomic mass is 9.64. The Morgan fingerprint density at radius 3 is 3.00 bits per heavy atom. The summed E-state index contributed by atoms with van der Waals surface area (Å²) in [4.78, 5) is 11.5. The number of rotatable bonds is 0. The fourth-order valence-electron chi connectivity index (χ4n) is 3.43. The quantitative estimate of drug-likeness (QED) is 0.727. The van der Waals surface area contributed by atoms with Gasteiger partial charge in [-0.3, -0.25) is 4.79 Å². The molecule has 2 aliphatic rings. The SMILES string of the molecule is Cc1ccc2c(c1)C1(C)CCC(=O)NC1CC2. The molecule has 0 spiro atoms. The van der Waals surface area contributed by atoms with Gasteiger partial charge in [-0.15, -0.1) is 0 Å². The van der Waals surface area contributed by atoms with Crippen LogP contribution in [0.1, 0.15) is 42.9 Å². The smallest absolute Gasteiger partial charge is 0.220 e. The van der Waals surface area contributed by atoms with Gasteiger partial charge in [0.1, 0.15) is 0 Å². The topological polar surface area (TPSA) is 29.1 Å². The van der Waals surface area contributed by atoms with Crippen LogP contribution in [-0.2, 0) is 16.6 Å². The van der Waals surface area contributed by atoms with E-state index in [9.17, 15) is 4.79 Å².